The minimum atomic E-state index is -1.48. The van der Waals surface area contributed by atoms with E-state index < -0.39 is 6.29 Å². The summed E-state index contributed by atoms with van der Waals surface area (Å²) in [7, 11) is 0. The molecule has 0 bridgehead atoms. The van der Waals surface area contributed by atoms with E-state index in [1.807, 2.05) is 0 Å². The van der Waals surface area contributed by atoms with Gasteiger partial charge in [0.15, 0.2) is 0 Å². The first-order valence-corrected chi connectivity index (χ1v) is 10.2. The molecule has 0 aromatic carbocycles. The second-order valence-corrected chi connectivity index (χ2v) is 6.91. The van der Waals surface area contributed by atoms with Crippen molar-refractivity contribution in [3.63, 3.8) is 0 Å². The van der Waals surface area contributed by atoms with E-state index in [2.05, 4.69) is 19.1 Å². The molecular formula is C20H41NO3. The molecule has 0 aromatic heterocycles. The van der Waals surface area contributed by atoms with Crippen LogP contribution in [0.5, 0.6) is 0 Å². The predicted octanol–water partition coefficient (Wildman–Crippen LogP) is 3.72. The number of allylic oxidation sites excluding steroid dienone is 2. The Morgan fingerprint density at radius 2 is 1.21 bits per heavy atom. The van der Waals surface area contributed by atoms with Crippen LogP contribution in [0, 0.1) is 5.21 Å². The minimum absolute atomic E-state index is 0.0412. The van der Waals surface area contributed by atoms with Crippen molar-refractivity contribution in [2.24, 2.45) is 0 Å². The van der Waals surface area contributed by atoms with E-state index in [0.717, 1.165) is 12.8 Å². The van der Waals surface area contributed by atoms with Gasteiger partial charge in [0.25, 0.3) is 0 Å². The molecule has 0 heterocycles. The van der Waals surface area contributed by atoms with E-state index in [9.17, 15) is 5.21 Å². The first-order chi connectivity index (χ1) is 11.7. The van der Waals surface area contributed by atoms with Crippen LogP contribution in [0.1, 0.15) is 96.8 Å². The zero-order valence-corrected chi connectivity index (χ0v) is 15.8. The average molecular weight is 344 g/mol. The van der Waals surface area contributed by atoms with Crippen LogP contribution < -0.4 is 5.06 Å². The van der Waals surface area contributed by atoms with Crippen molar-refractivity contribution in [2.45, 2.75) is 103 Å². The quantitative estimate of drug-likeness (QED) is 0.154. The number of quaternary nitrogens is 1. The van der Waals surface area contributed by atoms with Gasteiger partial charge < -0.3 is 20.5 Å². The average Bonchev–Trinajstić information content (AvgIpc) is 2.53. The summed E-state index contributed by atoms with van der Waals surface area (Å²) in [6.45, 7) is 2.62. The summed E-state index contributed by atoms with van der Waals surface area (Å²) in [5.74, 6) is 0. The Bertz CT molecular complexity index is 270. The third kappa shape index (κ3) is 19.6. The molecule has 0 fully saturated rings. The summed E-state index contributed by atoms with van der Waals surface area (Å²) in [5.41, 5.74) is 0. The standard InChI is InChI=1S/C20H41NO3/c1-2-3-4-5-6-7-8-9-10-11-12-13-14-15-16-17-18-21(24)19-20(22)23/h9-10,20-23H,2-8,11-19H2,1H3. The third-order valence-electron chi connectivity index (χ3n) is 4.38. The molecule has 144 valence electrons. The van der Waals surface area contributed by atoms with E-state index in [1.165, 1.54) is 77.0 Å². The molecule has 0 aliphatic rings. The molecule has 4 nitrogen and oxygen atoms in total. The summed E-state index contributed by atoms with van der Waals surface area (Å²) in [6.07, 6.45) is 20.8. The second kappa shape index (κ2) is 18.9. The zero-order valence-electron chi connectivity index (χ0n) is 15.8. The summed E-state index contributed by atoms with van der Waals surface area (Å²) < 4.78 is 0. The van der Waals surface area contributed by atoms with Gasteiger partial charge in [0.1, 0.15) is 6.54 Å². The summed E-state index contributed by atoms with van der Waals surface area (Å²) in [5, 5.41) is 28.6. The molecule has 0 radical (unpaired) electrons. The summed E-state index contributed by atoms with van der Waals surface area (Å²) >= 11 is 0. The van der Waals surface area contributed by atoms with Crippen molar-refractivity contribution >= 4 is 0 Å². The van der Waals surface area contributed by atoms with Crippen molar-refractivity contribution in [3.05, 3.63) is 17.4 Å². The molecule has 0 amide bonds. The largest absolute Gasteiger partial charge is 0.634 e. The van der Waals surface area contributed by atoms with Gasteiger partial charge in [-0.1, -0.05) is 70.4 Å². The molecule has 1 atom stereocenters. The van der Waals surface area contributed by atoms with E-state index in [-0.39, 0.29) is 11.6 Å². The van der Waals surface area contributed by atoms with Crippen LogP contribution in [0.15, 0.2) is 12.2 Å². The lowest BCUT2D eigenvalue weighted by Gasteiger charge is -2.22. The number of hydrogen-bond donors (Lipinski definition) is 3. The molecule has 0 aromatic rings. The highest BCUT2D eigenvalue weighted by atomic mass is 16.5. The molecule has 1 unspecified atom stereocenters. The number of aliphatic hydroxyl groups excluding tert-OH is 1. The maximum absolute atomic E-state index is 11.3. The van der Waals surface area contributed by atoms with Crippen LogP contribution in [0.4, 0.5) is 0 Å². The van der Waals surface area contributed by atoms with E-state index in [1.54, 1.807) is 0 Å². The second-order valence-electron chi connectivity index (χ2n) is 6.91. The number of nitrogens with one attached hydrogen (secondary N) is 1. The monoisotopic (exact) mass is 343 g/mol. The Morgan fingerprint density at radius 3 is 1.71 bits per heavy atom. The molecule has 0 spiro atoms. The van der Waals surface area contributed by atoms with Gasteiger partial charge in [0, 0.05) is 0 Å². The van der Waals surface area contributed by atoms with Crippen LogP contribution in [-0.2, 0) is 0 Å². The van der Waals surface area contributed by atoms with Crippen LogP contribution in [0.25, 0.3) is 0 Å². The third-order valence-corrected chi connectivity index (χ3v) is 4.38. The first-order valence-electron chi connectivity index (χ1n) is 10.2. The van der Waals surface area contributed by atoms with Gasteiger partial charge in [-0.3, -0.25) is 0 Å². The van der Waals surface area contributed by atoms with Crippen LogP contribution in [0.3, 0.4) is 0 Å². The first kappa shape index (κ1) is 23.6. The molecule has 0 saturated carbocycles. The minimum Gasteiger partial charge on any atom is -0.634 e. The molecule has 0 aliphatic carbocycles. The normalized spacial score (nSPS) is 13.2. The highest BCUT2D eigenvalue weighted by molar-refractivity contribution is 4.81. The highest BCUT2D eigenvalue weighted by Crippen LogP contribution is 2.09. The van der Waals surface area contributed by atoms with Gasteiger partial charge in [-0.2, -0.15) is 0 Å². The highest BCUT2D eigenvalue weighted by Gasteiger charge is 2.03. The Balaban J connectivity index is 3.15. The van der Waals surface area contributed by atoms with Gasteiger partial charge in [-0.05, 0) is 38.5 Å². The lowest BCUT2D eigenvalue weighted by molar-refractivity contribution is -0.855. The van der Waals surface area contributed by atoms with Crippen molar-refractivity contribution < 1.29 is 15.3 Å². The maximum Gasteiger partial charge on any atom is 0.202 e. The zero-order chi connectivity index (χ0) is 17.9. The Morgan fingerprint density at radius 1 is 0.750 bits per heavy atom. The maximum atomic E-state index is 11.3. The van der Waals surface area contributed by atoms with Crippen molar-refractivity contribution in [2.75, 3.05) is 13.1 Å². The van der Waals surface area contributed by atoms with Gasteiger partial charge in [-0.15, -0.1) is 0 Å². The molecule has 24 heavy (non-hydrogen) atoms. The fraction of sp³-hybridized carbons (Fsp3) is 0.900. The molecule has 0 saturated heterocycles. The molecule has 0 rings (SSSR count). The van der Waals surface area contributed by atoms with Crippen molar-refractivity contribution in [1.82, 2.24) is 0 Å². The molecular weight excluding hydrogens is 302 g/mol. The summed E-state index contributed by atoms with van der Waals surface area (Å²) in [6, 6.07) is 0. The van der Waals surface area contributed by atoms with Gasteiger partial charge >= 0.3 is 0 Å². The number of hydrogen-bond acceptors (Lipinski definition) is 3. The van der Waals surface area contributed by atoms with Crippen molar-refractivity contribution in [3.8, 4) is 0 Å². The fourth-order valence-corrected chi connectivity index (χ4v) is 2.88. The topological polar surface area (TPSA) is 68.0 Å². The number of unbranched alkanes of at least 4 members (excludes halogenated alkanes) is 12. The number of hydroxylamine groups is 2. The van der Waals surface area contributed by atoms with Crippen LogP contribution in [-0.4, -0.2) is 29.6 Å². The van der Waals surface area contributed by atoms with Gasteiger partial charge in [0.05, 0.1) is 6.54 Å². The van der Waals surface area contributed by atoms with Crippen molar-refractivity contribution in [1.29, 1.82) is 0 Å². The van der Waals surface area contributed by atoms with Gasteiger partial charge in [-0.25, -0.2) is 0 Å². The van der Waals surface area contributed by atoms with E-state index in [0.29, 0.717) is 6.54 Å². The van der Waals surface area contributed by atoms with E-state index in [4.69, 9.17) is 10.2 Å². The van der Waals surface area contributed by atoms with Crippen LogP contribution >= 0.6 is 0 Å². The molecule has 4 heteroatoms. The lowest BCUT2D eigenvalue weighted by atomic mass is 10.1. The number of rotatable bonds is 18. The predicted molar refractivity (Wildman–Crippen MR) is 102 cm³/mol. The summed E-state index contributed by atoms with van der Waals surface area (Å²) in [4.78, 5) is 0. The van der Waals surface area contributed by atoms with E-state index >= 15 is 0 Å². The Labute approximate surface area is 149 Å². The Kier molecular flexibility index (Phi) is 18.6. The van der Waals surface area contributed by atoms with Gasteiger partial charge in [0.2, 0.25) is 6.29 Å². The fourth-order valence-electron chi connectivity index (χ4n) is 2.88. The lowest BCUT2D eigenvalue weighted by Crippen LogP contribution is -3.08. The molecule has 3 N–H and O–H groups in total. The number of aliphatic hydroxyl groups is 2. The van der Waals surface area contributed by atoms with Crippen LogP contribution in [0.2, 0.25) is 0 Å². The SMILES string of the molecule is CCCCCCCCC=CCCCCCCCC[NH+]([O-])CC(O)O. The smallest absolute Gasteiger partial charge is 0.202 e. The Hall–Kier alpha value is -0.420. The molecule has 0 aliphatic heterocycles.